The molecule has 0 aliphatic heterocycles. The van der Waals surface area contributed by atoms with Crippen LogP contribution in [0.5, 0.6) is 0 Å². The van der Waals surface area contributed by atoms with Gasteiger partial charge in [-0.05, 0) is 29.9 Å². The van der Waals surface area contributed by atoms with Crippen LogP contribution in [0.25, 0.3) is 0 Å². The standard InChI is InChI=1S/C20H30N2O4.C20H28N2O4/c2*1-5-9-14(2)19(25)16(23)12-13-17(24)21-18(20(26)22(3)4)15-10-7-6-8-11-15/h6-8,10-11,14,18-19,25H,5,9,12-13H2,1-4H3,(H,21,24);6-8,10-11,14,18H,5,9,12-13H2,1-4H3,(H,21,24)/t14?,18-,19?;14?,18-/m00/s1. The van der Waals surface area contributed by atoms with E-state index in [1.54, 1.807) is 83.6 Å². The Bertz CT molecular complexity index is 1460. The second kappa shape index (κ2) is 23.7. The first-order valence-electron chi connectivity index (χ1n) is 17.9. The van der Waals surface area contributed by atoms with Crippen LogP contribution < -0.4 is 10.6 Å². The Labute approximate surface area is 308 Å². The molecule has 0 fully saturated rings. The predicted molar refractivity (Wildman–Crippen MR) is 200 cm³/mol. The molecular weight excluding hydrogens is 664 g/mol. The number of nitrogens with one attached hydrogen (secondary N) is 2. The van der Waals surface area contributed by atoms with Crippen LogP contribution in [0.3, 0.4) is 0 Å². The van der Waals surface area contributed by atoms with Crippen LogP contribution >= 0.6 is 0 Å². The zero-order valence-corrected chi connectivity index (χ0v) is 32.0. The normalized spacial score (nSPS) is 13.5. The van der Waals surface area contributed by atoms with Gasteiger partial charge in [0.05, 0.1) is 0 Å². The van der Waals surface area contributed by atoms with Crippen molar-refractivity contribution in [3.63, 3.8) is 0 Å². The molecule has 0 aromatic heterocycles. The van der Waals surface area contributed by atoms with Gasteiger partial charge in [-0.1, -0.05) is 101 Å². The van der Waals surface area contributed by atoms with Gasteiger partial charge >= 0.3 is 0 Å². The third-order valence-electron chi connectivity index (χ3n) is 8.49. The zero-order chi connectivity index (χ0) is 39.4. The van der Waals surface area contributed by atoms with E-state index in [0.717, 1.165) is 19.3 Å². The summed E-state index contributed by atoms with van der Waals surface area (Å²) in [5, 5.41) is 15.4. The molecule has 3 N–H and O–H groups in total. The van der Waals surface area contributed by atoms with Crippen LogP contribution in [0.4, 0.5) is 0 Å². The molecule has 2 aromatic carbocycles. The van der Waals surface area contributed by atoms with Gasteiger partial charge < -0.3 is 25.5 Å². The molecule has 12 nitrogen and oxygen atoms in total. The van der Waals surface area contributed by atoms with Gasteiger partial charge in [-0.3, -0.25) is 33.6 Å². The number of nitrogens with zero attached hydrogens (tertiary/aromatic N) is 2. The van der Waals surface area contributed by atoms with E-state index in [-0.39, 0.29) is 55.1 Å². The van der Waals surface area contributed by atoms with Gasteiger partial charge in [0.1, 0.15) is 18.2 Å². The Morgan fingerprint density at radius 3 is 1.40 bits per heavy atom. The highest BCUT2D eigenvalue weighted by Gasteiger charge is 2.27. The number of aliphatic hydroxyl groups is 1. The third kappa shape index (κ3) is 15.7. The largest absolute Gasteiger partial charge is 0.385 e. The zero-order valence-electron chi connectivity index (χ0n) is 32.0. The van der Waals surface area contributed by atoms with E-state index >= 15 is 0 Å². The Balaban J connectivity index is 0.000000520. The smallest absolute Gasteiger partial charge is 0.249 e. The SMILES string of the molecule is CCCC(C)C(=O)C(=O)CCC(=O)N[C@H](C(=O)N(C)C)c1ccccc1.CCCC(C)C(O)C(=O)CCC(=O)N[C@H](C(=O)N(C)C)c1ccccc1. The van der Waals surface area contributed by atoms with Crippen LogP contribution in [0.15, 0.2) is 60.7 Å². The van der Waals surface area contributed by atoms with Crippen molar-refractivity contribution in [2.24, 2.45) is 11.8 Å². The van der Waals surface area contributed by atoms with Gasteiger partial charge in [-0.15, -0.1) is 0 Å². The third-order valence-corrected chi connectivity index (χ3v) is 8.49. The van der Waals surface area contributed by atoms with E-state index in [9.17, 15) is 38.7 Å². The first kappa shape index (κ1) is 45.3. The van der Waals surface area contributed by atoms with Crippen molar-refractivity contribution < 1.29 is 38.7 Å². The highest BCUT2D eigenvalue weighted by atomic mass is 16.3. The second-order valence-electron chi connectivity index (χ2n) is 13.4. The maximum atomic E-state index is 12.4. The number of ketones is 3. The number of Topliss-reactive ketones (excluding diaryl/α,β-unsaturated/α-hetero) is 3. The van der Waals surface area contributed by atoms with Gasteiger partial charge in [-0.2, -0.15) is 0 Å². The molecule has 0 radical (unpaired) electrons. The van der Waals surface area contributed by atoms with Crippen LogP contribution in [0.1, 0.15) is 102 Å². The summed E-state index contributed by atoms with van der Waals surface area (Å²) in [6, 6.07) is 16.3. The van der Waals surface area contributed by atoms with E-state index < -0.39 is 41.6 Å². The summed E-state index contributed by atoms with van der Waals surface area (Å²) in [6.45, 7) is 7.50. The molecular formula is C40H58N4O8. The summed E-state index contributed by atoms with van der Waals surface area (Å²) in [4.78, 5) is 88.0. The lowest BCUT2D eigenvalue weighted by atomic mass is 9.94. The van der Waals surface area contributed by atoms with Gasteiger partial charge in [0.2, 0.25) is 29.4 Å². The molecule has 5 atom stereocenters. The minimum atomic E-state index is -1.05. The molecule has 286 valence electrons. The Morgan fingerprint density at radius 1 is 0.615 bits per heavy atom. The maximum Gasteiger partial charge on any atom is 0.249 e. The number of rotatable bonds is 20. The fourth-order valence-corrected chi connectivity index (χ4v) is 5.35. The number of hydrogen-bond acceptors (Lipinski definition) is 8. The number of amides is 4. The number of likely N-dealkylation sites (N-methyl/N-ethyl adjacent to an activating group) is 2. The fraction of sp³-hybridized carbons (Fsp3) is 0.525. The first-order chi connectivity index (χ1) is 24.5. The Morgan fingerprint density at radius 2 is 1.02 bits per heavy atom. The molecule has 0 aliphatic carbocycles. The number of aliphatic hydroxyl groups excluding tert-OH is 1. The number of carbonyl (C=O) groups is 7. The van der Waals surface area contributed by atoms with Crippen LogP contribution in [0.2, 0.25) is 0 Å². The van der Waals surface area contributed by atoms with Gasteiger partial charge in [0, 0.05) is 59.8 Å². The molecule has 0 bridgehead atoms. The average molecular weight is 723 g/mol. The van der Waals surface area contributed by atoms with E-state index in [0.29, 0.717) is 17.5 Å². The van der Waals surface area contributed by atoms with Crippen LogP contribution in [0, 0.1) is 11.8 Å². The summed E-state index contributed by atoms with van der Waals surface area (Å²) < 4.78 is 0. The van der Waals surface area contributed by atoms with Crippen molar-refractivity contribution in [1.82, 2.24) is 20.4 Å². The molecule has 0 aliphatic rings. The Hall–Kier alpha value is -4.71. The lowest BCUT2D eigenvalue weighted by Crippen LogP contribution is -2.40. The van der Waals surface area contributed by atoms with Crippen molar-refractivity contribution in [1.29, 1.82) is 0 Å². The van der Waals surface area contributed by atoms with Crippen molar-refractivity contribution in [2.45, 2.75) is 97.2 Å². The van der Waals surface area contributed by atoms with Crippen molar-refractivity contribution in [3.05, 3.63) is 71.8 Å². The predicted octanol–water partition coefficient (Wildman–Crippen LogP) is 4.37. The molecule has 2 rings (SSSR count). The summed E-state index contributed by atoms with van der Waals surface area (Å²) >= 11 is 0. The van der Waals surface area contributed by atoms with E-state index in [4.69, 9.17) is 0 Å². The molecule has 0 saturated heterocycles. The molecule has 0 heterocycles. The van der Waals surface area contributed by atoms with E-state index in [1.165, 1.54) is 9.80 Å². The molecule has 0 spiro atoms. The summed E-state index contributed by atoms with van der Waals surface area (Å²) in [6.07, 6.45) is 1.72. The Kier molecular flexibility index (Phi) is 20.7. The van der Waals surface area contributed by atoms with Crippen molar-refractivity contribution >= 4 is 41.0 Å². The molecule has 4 amide bonds. The molecule has 3 unspecified atom stereocenters. The minimum Gasteiger partial charge on any atom is -0.385 e. The fourth-order valence-electron chi connectivity index (χ4n) is 5.35. The van der Waals surface area contributed by atoms with Crippen molar-refractivity contribution in [2.75, 3.05) is 28.2 Å². The number of benzene rings is 2. The monoisotopic (exact) mass is 722 g/mol. The van der Waals surface area contributed by atoms with Crippen LogP contribution in [-0.2, 0) is 33.6 Å². The summed E-state index contributed by atoms with van der Waals surface area (Å²) in [5.74, 6) is -3.06. The maximum absolute atomic E-state index is 12.4. The van der Waals surface area contributed by atoms with Crippen LogP contribution in [-0.4, -0.2) is 90.2 Å². The second-order valence-corrected chi connectivity index (χ2v) is 13.4. The molecule has 52 heavy (non-hydrogen) atoms. The topological polar surface area (TPSA) is 170 Å². The summed E-state index contributed by atoms with van der Waals surface area (Å²) in [5.41, 5.74) is 1.35. The quantitative estimate of drug-likeness (QED) is 0.169. The van der Waals surface area contributed by atoms with E-state index in [2.05, 4.69) is 10.6 Å². The number of hydrogen-bond donors (Lipinski definition) is 3. The van der Waals surface area contributed by atoms with Gasteiger partial charge in [0.15, 0.2) is 11.6 Å². The van der Waals surface area contributed by atoms with E-state index in [1.807, 2.05) is 32.9 Å². The molecule has 0 saturated carbocycles. The van der Waals surface area contributed by atoms with Crippen molar-refractivity contribution in [3.8, 4) is 0 Å². The molecule has 2 aromatic rings. The van der Waals surface area contributed by atoms with Gasteiger partial charge in [-0.25, -0.2) is 0 Å². The molecule has 12 heteroatoms. The highest BCUT2D eigenvalue weighted by molar-refractivity contribution is 6.38. The minimum absolute atomic E-state index is 0.0429. The number of carbonyl (C=O) groups excluding carboxylic acids is 7. The average Bonchev–Trinajstić information content (AvgIpc) is 3.13. The van der Waals surface area contributed by atoms with Gasteiger partial charge in [0.25, 0.3) is 0 Å². The first-order valence-corrected chi connectivity index (χ1v) is 17.9. The lowest BCUT2D eigenvalue weighted by molar-refractivity contribution is -0.139. The summed E-state index contributed by atoms with van der Waals surface area (Å²) in [7, 11) is 6.47. The highest BCUT2D eigenvalue weighted by Crippen LogP contribution is 2.18. The lowest BCUT2D eigenvalue weighted by Gasteiger charge is -2.22.